The molecule has 3 rings (SSSR count). The molecule has 0 radical (unpaired) electrons. The molecule has 0 aliphatic carbocycles. The fourth-order valence-electron chi connectivity index (χ4n) is 4.69. The summed E-state index contributed by atoms with van der Waals surface area (Å²) in [5.41, 5.74) is 0.631. The number of likely N-dealkylation sites (tertiary alicyclic amines) is 2. The molecule has 3 saturated heterocycles. The molecule has 0 aromatic rings. The van der Waals surface area contributed by atoms with Gasteiger partial charge in [0.05, 0.1) is 6.17 Å². The number of hydrogen-bond donors (Lipinski definition) is 0. The van der Waals surface area contributed by atoms with E-state index in [1.807, 2.05) is 0 Å². The Labute approximate surface area is 142 Å². The maximum atomic E-state index is 5.16. The first-order chi connectivity index (χ1) is 11.2. The van der Waals surface area contributed by atoms with Gasteiger partial charge < -0.3 is 14.5 Å². The molecule has 3 heterocycles. The third kappa shape index (κ3) is 4.07. The van der Waals surface area contributed by atoms with Crippen molar-refractivity contribution in [2.75, 3.05) is 79.7 Å². The van der Waals surface area contributed by atoms with Crippen LogP contribution in [0, 0.1) is 5.41 Å². The van der Waals surface area contributed by atoms with Crippen molar-refractivity contribution in [3.05, 3.63) is 0 Å². The van der Waals surface area contributed by atoms with E-state index in [2.05, 4.69) is 33.6 Å². The van der Waals surface area contributed by atoms with Gasteiger partial charge in [-0.25, -0.2) is 0 Å². The van der Waals surface area contributed by atoms with Crippen molar-refractivity contribution in [1.29, 1.82) is 0 Å². The maximum Gasteiger partial charge on any atom is 0.0623 e. The molecule has 1 spiro atoms. The van der Waals surface area contributed by atoms with Gasteiger partial charge in [-0.3, -0.25) is 9.80 Å². The van der Waals surface area contributed by atoms with Crippen LogP contribution in [0.1, 0.15) is 26.2 Å². The highest BCUT2D eigenvalue weighted by Crippen LogP contribution is 2.41. The van der Waals surface area contributed by atoms with Crippen molar-refractivity contribution in [3.8, 4) is 0 Å². The average Bonchev–Trinajstić information content (AvgIpc) is 2.47. The summed E-state index contributed by atoms with van der Waals surface area (Å²) in [4.78, 5) is 10.6. The van der Waals surface area contributed by atoms with Crippen molar-refractivity contribution in [1.82, 2.24) is 19.6 Å². The van der Waals surface area contributed by atoms with Gasteiger partial charge in [-0.2, -0.15) is 0 Å². The summed E-state index contributed by atoms with van der Waals surface area (Å²) in [6.07, 6.45) is 4.50. The molecule has 0 bridgehead atoms. The molecular weight excluding hydrogens is 288 g/mol. The van der Waals surface area contributed by atoms with E-state index < -0.39 is 0 Å². The van der Waals surface area contributed by atoms with Crippen molar-refractivity contribution in [3.63, 3.8) is 0 Å². The number of likely N-dealkylation sites (N-methyl/N-ethyl adjacent to an activating group) is 1. The van der Waals surface area contributed by atoms with E-state index in [1.165, 1.54) is 78.2 Å². The smallest absolute Gasteiger partial charge is 0.0623 e. The first kappa shape index (κ1) is 17.6. The van der Waals surface area contributed by atoms with Crippen molar-refractivity contribution >= 4 is 0 Å². The maximum absolute atomic E-state index is 5.16. The molecule has 3 aliphatic rings. The van der Waals surface area contributed by atoms with Crippen LogP contribution in [-0.4, -0.2) is 105 Å². The highest BCUT2D eigenvalue weighted by molar-refractivity contribution is 5.06. The third-order valence-electron chi connectivity index (χ3n) is 5.95. The second kappa shape index (κ2) is 7.79. The number of ether oxygens (including phenoxy) is 1. The molecule has 3 aliphatic heterocycles. The Morgan fingerprint density at radius 3 is 2.30 bits per heavy atom. The summed E-state index contributed by atoms with van der Waals surface area (Å²) in [5.74, 6) is 0. The minimum absolute atomic E-state index is 0.631. The van der Waals surface area contributed by atoms with Crippen molar-refractivity contribution in [2.24, 2.45) is 5.41 Å². The zero-order chi connectivity index (χ0) is 16.3. The summed E-state index contributed by atoms with van der Waals surface area (Å²) in [6, 6.07) is 0. The third-order valence-corrected chi connectivity index (χ3v) is 5.95. The van der Waals surface area contributed by atoms with Gasteiger partial charge in [-0.1, -0.05) is 13.3 Å². The van der Waals surface area contributed by atoms with Gasteiger partial charge in [0, 0.05) is 78.0 Å². The molecule has 5 nitrogen and oxygen atoms in total. The Hall–Kier alpha value is -0.200. The SMILES string of the molecule is CCC[C@@H](N1CCN(C)CC1)N1CC2(CN(CCCOC)C2)C1. The van der Waals surface area contributed by atoms with E-state index in [-0.39, 0.29) is 0 Å². The topological polar surface area (TPSA) is 22.2 Å². The highest BCUT2D eigenvalue weighted by Gasteiger charge is 2.53. The van der Waals surface area contributed by atoms with Gasteiger partial charge in [-0.05, 0) is 19.9 Å². The zero-order valence-corrected chi connectivity index (χ0v) is 15.5. The lowest BCUT2D eigenvalue weighted by Crippen LogP contribution is -2.75. The van der Waals surface area contributed by atoms with Crippen LogP contribution in [0.3, 0.4) is 0 Å². The van der Waals surface area contributed by atoms with E-state index in [0.717, 1.165) is 6.61 Å². The lowest BCUT2D eigenvalue weighted by molar-refractivity contribution is -0.159. The second-order valence-electron chi connectivity index (χ2n) is 8.07. The lowest BCUT2D eigenvalue weighted by atomic mass is 9.72. The quantitative estimate of drug-likeness (QED) is 0.620. The molecule has 23 heavy (non-hydrogen) atoms. The number of rotatable bonds is 8. The number of hydrogen-bond acceptors (Lipinski definition) is 5. The molecule has 5 heteroatoms. The summed E-state index contributed by atoms with van der Waals surface area (Å²) in [5, 5.41) is 0. The second-order valence-corrected chi connectivity index (χ2v) is 8.07. The van der Waals surface area contributed by atoms with Gasteiger partial charge in [0.15, 0.2) is 0 Å². The molecule has 0 N–H and O–H groups in total. The van der Waals surface area contributed by atoms with E-state index in [1.54, 1.807) is 7.11 Å². The minimum Gasteiger partial charge on any atom is -0.385 e. The fourth-order valence-corrected chi connectivity index (χ4v) is 4.69. The van der Waals surface area contributed by atoms with Gasteiger partial charge in [-0.15, -0.1) is 0 Å². The average molecular weight is 325 g/mol. The van der Waals surface area contributed by atoms with Crippen LogP contribution in [0.4, 0.5) is 0 Å². The number of piperazine rings is 1. The Kier molecular flexibility index (Phi) is 5.97. The molecule has 1 atom stereocenters. The lowest BCUT2D eigenvalue weighted by Gasteiger charge is -2.63. The van der Waals surface area contributed by atoms with Crippen LogP contribution < -0.4 is 0 Å². The van der Waals surface area contributed by atoms with Gasteiger partial charge in [0.25, 0.3) is 0 Å². The molecular formula is C18H36N4O. The summed E-state index contributed by atoms with van der Waals surface area (Å²) >= 11 is 0. The van der Waals surface area contributed by atoms with Gasteiger partial charge in [0.2, 0.25) is 0 Å². The molecule has 0 saturated carbocycles. The molecule has 3 fully saturated rings. The largest absolute Gasteiger partial charge is 0.385 e. The Morgan fingerprint density at radius 2 is 1.70 bits per heavy atom. The van der Waals surface area contributed by atoms with Crippen LogP contribution in [0.2, 0.25) is 0 Å². The Balaban J connectivity index is 1.42. The zero-order valence-electron chi connectivity index (χ0n) is 15.5. The summed E-state index contributed by atoms with van der Waals surface area (Å²) in [7, 11) is 4.05. The molecule has 0 aromatic heterocycles. The Morgan fingerprint density at radius 1 is 1.00 bits per heavy atom. The number of methoxy groups -OCH3 is 1. The van der Waals surface area contributed by atoms with Crippen LogP contribution in [0.15, 0.2) is 0 Å². The van der Waals surface area contributed by atoms with E-state index in [9.17, 15) is 0 Å². The van der Waals surface area contributed by atoms with E-state index in [4.69, 9.17) is 4.74 Å². The van der Waals surface area contributed by atoms with Crippen molar-refractivity contribution in [2.45, 2.75) is 32.4 Å². The molecule has 0 aromatic carbocycles. The molecule has 0 unspecified atom stereocenters. The van der Waals surface area contributed by atoms with Gasteiger partial charge in [0.1, 0.15) is 0 Å². The van der Waals surface area contributed by atoms with Crippen LogP contribution in [-0.2, 0) is 4.74 Å². The monoisotopic (exact) mass is 324 g/mol. The fraction of sp³-hybridized carbons (Fsp3) is 1.00. The predicted octanol–water partition coefficient (Wildman–Crippen LogP) is 1.01. The van der Waals surface area contributed by atoms with Gasteiger partial charge >= 0.3 is 0 Å². The standard InChI is InChI=1S/C18H36N4O/c1-4-6-17(21-10-8-19(2)9-11-21)22-15-18(16-22)13-20(14-18)7-5-12-23-3/h17H,4-16H2,1-3H3/t17-/m0/s1. The molecule has 134 valence electrons. The normalized spacial score (nSPS) is 27.8. The summed E-state index contributed by atoms with van der Waals surface area (Å²) < 4.78 is 5.16. The first-order valence-electron chi connectivity index (χ1n) is 9.54. The Bertz CT molecular complexity index is 356. The summed E-state index contributed by atoms with van der Waals surface area (Å²) in [6.45, 7) is 14.7. The predicted molar refractivity (Wildman–Crippen MR) is 94.7 cm³/mol. The first-order valence-corrected chi connectivity index (χ1v) is 9.54. The van der Waals surface area contributed by atoms with Crippen LogP contribution in [0.5, 0.6) is 0 Å². The number of nitrogens with zero attached hydrogens (tertiary/aromatic N) is 4. The van der Waals surface area contributed by atoms with E-state index in [0.29, 0.717) is 11.6 Å². The van der Waals surface area contributed by atoms with E-state index >= 15 is 0 Å². The molecule has 0 amide bonds. The minimum atomic E-state index is 0.631. The van der Waals surface area contributed by atoms with Crippen LogP contribution in [0.25, 0.3) is 0 Å². The van der Waals surface area contributed by atoms with Crippen molar-refractivity contribution < 1.29 is 4.74 Å². The van der Waals surface area contributed by atoms with Crippen LogP contribution >= 0.6 is 0 Å². The highest BCUT2D eigenvalue weighted by atomic mass is 16.5.